The van der Waals surface area contributed by atoms with Crippen LogP contribution in [-0.4, -0.2) is 7.25 Å². The first-order chi connectivity index (χ1) is 28.7. The molecule has 0 saturated heterocycles. The Labute approximate surface area is 362 Å². The molecule has 60 heavy (non-hydrogen) atoms. The predicted octanol–water partition coefficient (Wildman–Crippen LogP) is 12.1. The average molecular weight is 921 g/mol. The monoisotopic (exact) mass is 920 g/mol. The summed E-state index contributed by atoms with van der Waals surface area (Å²) < 4.78 is 55.2. The zero-order valence-electron chi connectivity index (χ0n) is 32.4. The van der Waals surface area contributed by atoms with Gasteiger partial charge in [-0.2, -0.15) is 0 Å². The van der Waals surface area contributed by atoms with E-state index < -0.39 is 22.3 Å². The number of hydrogen-bond acceptors (Lipinski definition) is 1. The molecule has 1 nitrogen and oxygen atoms in total. The normalized spacial score (nSPS) is 15.2. The van der Waals surface area contributed by atoms with Crippen molar-refractivity contribution in [3.05, 3.63) is 218 Å². The summed E-state index contributed by atoms with van der Waals surface area (Å²) in [5, 5.41) is 10.9. The van der Waals surface area contributed by atoms with Crippen molar-refractivity contribution in [3.8, 4) is 11.1 Å². The fraction of sp³-hybridized carbons (Fsp3) is 0.0588. The molecule has 10 rings (SSSR count). The quantitative estimate of drug-likeness (QED) is 0.0674. The van der Waals surface area contributed by atoms with E-state index >= 15 is 4.57 Å². The van der Waals surface area contributed by atoms with Gasteiger partial charge < -0.3 is 21.8 Å². The van der Waals surface area contributed by atoms with Crippen molar-refractivity contribution in [2.24, 2.45) is 11.8 Å². The molecule has 0 unspecified atom stereocenters. The molecule has 8 aromatic carbocycles. The van der Waals surface area contributed by atoms with Crippen LogP contribution in [0.5, 0.6) is 0 Å². The van der Waals surface area contributed by atoms with Crippen molar-refractivity contribution in [2.75, 3.05) is 0 Å². The smallest absolute Gasteiger partial charge is 0.418 e. The molecular formula is C51H40BF4OP2Rh-. The van der Waals surface area contributed by atoms with Gasteiger partial charge in [-0.25, -0.2) is 0 Å². The molecule has 9 heteroatoms. The van der Waals surface area contributed by atoms with Crippen LogP contribution >= 0.6 is 15.1 Å². The maximum Gasteiger partial charge on any atom is 0.673 e. The second kappa shape index (κ2) is 19.0. The van der Waals surface area contributed by atoms with Gasteiger partial charge >= 0.3 is 7.25 Å². The van der Waals surface area contributed by atoms with Crippen LogP contribution in [0.4, 0.5) is 17.3 Å². The SMILES string of the molecule is C1=CC2C=CC1C2.F[B-](F)(F)F.O=P(c1ccccc1)(c1ccccc1)c1ccc2ccccc2c1-c1c(P(c2ccccc2)c2ccccc2)ccc2ccccc12.[Rh]. The molecule has 0 spiro atoms. The van der Waals surface area contributed by atoms with E-state index in [0.29, 0.717) is 0 Å². The fourth-order valence-electron chi connectivity index (χ4n) is 8.11. The summed E-state index contributed by atoms with van der Waals surface area (Å²) in [7, 11) is -10.3. The molecule has 301 valence electrons. The molecule has 0 heterocycles. The van der Waals surface area contributed by atoms with E-state index in [9.17, 15) is 17.3 Å². The Morgan fingerprint density at radius 3 is 1.23 bits per heavy atom. The minimum atomic E-state index is -6.00. The van der Waals surface area contributed by atoms with Crippen LogP contribution < -0.4 is 31.8 Å². The Kier molecular flexibility index (Phi) is 13.6. The van der Waals surface area contributed by atoms with E-state index in [-0.39, 0.29) is 19.5 Å². The molecule has 0 aliphatic heterocycles. The molecule has 0 N–H and O–H groups in total. The van der Waals surface area contributed by atoms with Gasteiger partial charge in [0.2, 0.25) is 0 Å². The zero-order chi connectivity index (χ0) is 40.8. The van der Waals surface area contributed by atoms with Gasteiger partial charge in [-0.3, -0.25) is 0 Å². The molecule has 1 radical (unpaired) electrons. The van der Waals surface area contributed by atoms with Gasteiger partial charge in [0.1, 0.15) is 0 Å². The summed E-state index contributed by atoms with van der Waals surface area (Å²) in [6.07, 6.45) is 10.5. The molecule has 2 aliphatic rings. The minimum Gasteiger partial charge on any atom is -0.418 e. The Morgan fingerprint density at radius 2 is 0.817 bits per heavy atom. The number of allylic oxidation sites excluding steroid dienone is 4. The number of halogens is 4. The van der Waals surface area contributed by atoms with Crippen LogP contribution in [0.3, 0.4) is 0 Å². The average Bonchev–Trinajstić information content (AvgIpc) is 3.94. The first kappa shape index (κ1) is 42.9. The summed E-state index contributed by atoms with van der Waals surface area (Å²) in [4.78, 5) is 0. The maximum atomic E-state index is 16.2. The van der Waals surface area contributed by atoms with Crippen molar-refractivity contribution < 1.29 is 41.3 Å². The van der Waals surface area contributed by atoms with Crippen LogP contribution in [0.15, 0.2) is 218 Å². The van der Waals surface area contributed by atoms with E-state index in [2.05, 4.69) is 158 Å². The van der Waals surface area contributed by atoms with Crippen LogP contribution in [0.1, 0.15) is 6.42 Å². The maximum absolute atomic E-state index is 16.2. The van der Waals surface area contributed by atoms with Crippen LogP contribution in [-0.2, 0) is 24.0 Å². The standard InChI is InChI=1S/C44H32OP2.C7H8.BF4.Rh/c45-47(37-23-9-3-10-24-37,38-25-11-4-12-26-38)42-32-30-34-18-14-16-28-40(34)44(42)43-39-27-15-13-17-33(39)29-31-41(43)46(35-19-5-1-6-20-35)36-21-7-2-8-22-36;1-2-7-4-3-6(1)5-7;2-1(3,4)5;/h1-32H;1-4,6-7H,5H2;;/q;;-1;. The number of benzene rings is 8. The van der Waals surface area contributed by atoms with E-state index in [1.54, 1.807) is 0 Å². The van der Waals surface area contributed by atoms with Gasteiger partial charge in [-0.05, 0) is 75.3 Å². The molecule has 2 bridgehead atoms. The minimum absolute atomic E-state index is 0. The van der Waals surface area contributed by atoms with E-state index in [4.69, 9.17) is 0 Å². The van der Waals surface area contributed by atoms with Crippen LogP contribution in [0, 0.1) is 11.8 Å². The van der Waals surface area contributed by atoms with Crippen molar-refractivity contribution in [2.45, 2.75) is 6.42 Å². The Morgan fingerprint density at radius 1 is 0.450 bits per heavy atom. The Hall–Kier alpha value is -5.17. The van der Waals surface area contributed by atoms with Crippen molar-refractivity contribution in [3.63, 3.8) is 0 Å². The summed E-state index contributed by atoms with van der Waals surface area (Å²) in [6.45, 7) is 0. The van der Waals surface area contributed by atoms with Crippen molar-refractivity contribution in [1.82, 2.24) is 0 Å². The van der Waals surface area contributed by atoms with Gasteiger partial charge in [0.05, 0.1) is 0 Å². The number of fused-ring (bicyclic) bond motifs is 4. The molecule has 0 atom stereocenters. The number of hydrogen-bond donors (Lipinski definition) is 0. The largest absolute Gasteiger partial charge is 0.673 e. The second-order valence-electron chi connectivity index (χ2n) is 14.5. The first-order valence-electron chi connectivity index (χ1n) is 19.6. The van der Waals surface area contributed by atoms with Gasteiger partial charge in [-0.1, -0.05) is 212 Å². The summed E-state index contributed by atoms with van der Waals surface area (Å²) in [5.41, 5.74) is 2.20. The van der Waals surface area contributed by atoms with Crippen LogP contribution in [0.25, 0.3) is 32.7 Å². The van der Waals surface area contributed by atoms with Gasteiger partial charge in [0.25, 0.3) is 0 Å². The molecule has 0 fully saturated rings. The fourth-order valence-corrected chi connectivity index (χ4v) is 13.5. The van der Waals surface area contributed by atoms with Gasteiger partial charge in [0, 0.05) is 41.0 Å². The second-order valence-corrected chi connectivity index (χ2v) is 19.4. The Bertz CT molecular complexity index is 2680. The van der Waals surface area contributed by atoms with E-state index in [1.807, 2.05) is 60.7 Å². The summed E-state index contributed by atoms with van der Waals surface area (Å²) >= 11 is 0. The van der Waals surface area contributed by atoms with Crippen LogP contribution in [0.2, 0.25) is 0 Å². The molecule has 0 aromatic heterocycles. The molecule has 0 amide bonds. The Balaban J connectivity index is 0.000000361. The summed E-state index contributed by atoms with van der Waals surface area (Å²) in [5.74, 6) is 1.62. The summed E-state index contributed by atoms with van der Waals surface area (Å²) in [6, 6.07) is 67.9. The molecule has 8 aromatic rings. The third-order valence-corrected chi connectivity index (χ3v) is 16.3. The van der Waals surface area contributed by atoms with Gasteiger partial charge in [-0.15, -0.1) is 0 Å². The molecular weight excluding hydrogens is 880 g/mol. The third kappa shape index (κ3) is 9.41. The topological polar surface area (TPSA) is 17.1 Å². The third-order valence-electron chi connectivity index (χ3n) is 10.7. The zero-order valence-corrected chi connectivity index (χ0v) is 35.8. The van der Waals surface area contributed by atoms with Gasteiger partial charge in [0.15, 0.2) is 7.14 Å². The predicted molar refractivity (Wildman–Crippen MR) is 245 cm³/mol. The van der Waals surface area contributed by atoms with E-state index in [1.165, 1.54) is 22.3 Å². The van der Waals surface area contributed by atoms with Crippen molar-refractivity contribution >= 4 is 75.7 Å². The first-order valence-corrected chi connectivity index (χ1v) is 22.6. The van der Waals surface area contributed by atoms with E-state index in [0.717, 1.165) is 60.4 Å². The molecule has 0 saturated carbocycles. The number of rotatable bonds is 7. The van der Waals surface area contributed by atoms with Crippen molar-refractivity contribution in [1.29, 1.82) is 0 Å². The molecule has 2 aliphatic carbocycles.